The molecule has 18 heavy (non-hydrogen) atoms. The van der Waals surface area contributed by atoms with E-state index in [-0.39, 0.29) is 11.9 Å². The van der Waals surface area contributed by atoms with Crippen molar-refractivity contribution in [2.75, 3.05) is 24.8 Å². The lowest BCUT2D eigenvalue weighted by atomic mass is 10.2. The largest absolute Gasteiger partial charge is 0.433 e. The third-order valence-electron chi connectivity index (χ3n) is 2.25. The van der Waals surface area contributed by atoms with Gasteiger partial charge in [-0.3, -0.25) is 0 Å². The second kappa shape index (κ2) is 5.85. The molecule has 1 atom stereocenters. The van der Waals surface area contributed by atoms with Gasteiger partial charge < -0.3 is 15.8 Å². The van der Waals surface area contributed by atoms with Gasteiger partial charge in [-0.15, -0.1) is 0 Å². The zero-order chi connectivity index (χ0) is 13.8. The molecule has 0 aliphatic rings. The van der Waals surface area contributed by atoms with E-state index in [1.165, 1.54) is 7.11 Å². The van der Waals surface area contributed by atoms with Crippen molar-refractivity contribution in [1.82, 2.24) is 9.97 Å². The van der Waals surface area contributed by atoms with Crippen LogP contribution in [0.25, 0.3) is 0 Å². The second-order valence-corrected chi connectivity index (χ2v) is 3.70. The van der Waals surface area contributed by atoms with Crippen LogP contribution in [0.1, 0.15) is 19.0 Å². The normalized spacial score (nSPS) is 13.4. The summed E-state index contributed by atoms with van der Waals surface area (Å²) >= 11 is 0. The predicted octanol–water partition coefficient (Wildman–Crippen LogP) is 1.91. The third kappa shape index (κ3) is 4.02. The maximum atomic E-state index is 12.5. The molecule has 1 rings (SSSR count). The van der Waals surface area contributed by atoms with Crippen molar-refractivity contribution in [3.05, 3.63) is 11.8 Å². The molecular formula is C10H15F3N4O. The van der Waals surface area contributed by atoms with Crippen LogP contribution in [-0.2, 0) is 10.9 Å². The van der Waals surface area contributed by atoms with E-state index in [9.17, 15) is 13.2 Å². The van der Waals surface area contributed by atoms with Gasteiger partial charge in [0.15, 0.2) is 5.69 Å². The number of nitrogens with two attached hydrogens (primary N) is 1. The zero-order valence-electron chi connectivity index (χ0n) is 10.1. The molecule has 0 radical (unpaired) electrons. The highest BCUT2D eigenvalue weighted by atomic mass is 19.4. The molecule has 3 N–H and O–H groups in total. The van der Waals surface area contributed by atoms with Crippen LogP contribution >= 0.6 is 0 Å². The van der Waals surface area contributed by atoms with Crippen molar-refractivity contribution >= 4 is 11.8 Å². The second-order valence-electron chi connectivity index (χ2n) is 3.70. The molecule has 0 amide bonds. The van der Waals surface area contributed by atoms with E-state index in [0.29, 0.717) is 13.0 Å². The average molecular weight is 264 g/mol. The molecule has 0 aliphatic carbocycles. The highest BCUT2D eigenvalue weighted by molar-refractivity contribution is 5.42. The van der Waals surface area contributed by atoms with Gasteiger partial charge in [0.25, 0.3) is 0 Å². The van der Waals surface area contributed by atoms with Crippen LogP contribution < -0.4 is 11.1 Å². The summed E-state index contributed by atoms with van der Waals surface area (Å²) in [7, 11) is 1.51. The van der Waals surface area contributed by atoms with Gasteiger partial charge in [-0.1, -0.05) is 6.92 Å². The van der Waals surface area contributed by atoms with Gasteiger partial charge in [-0.25, -0.2) is 4.98 Å². The average Bonchev–Trinajstić information content (AvgIpc) is 2.26. The highest BCUT2D eigenvalue weighted by Crippen LogP contribution is 2.29. The molecule has 0 bridgehead atoms. The van der Waals surface area contributed by atoms with Gasteiger partial charge in [0.05, 0.1) is 12.6 Å². The number of nitrogens with one attached hydrogen (secondary N) is 1. The molecule has 0 spiro atoms. The van der Waals surface area contributed by atoms with E-state index in [1.54, 1.807) is 0 Å². The Morgan fingerprint density at radius 2 is 2.11 bits per heavy atom. The van der Waals surface area contributed by atoms with Gasteiger partial charge >= 0.3 is 6.18 Å². The first-order chi connectivity index (χ1) is 8.36. The van der Waals surface area contributed by atoms with Crippen LogP contribution in [0.15, 0.2) is 6.07 Å². The van der Waals surface area contributed by atoms with Crippen LogP contribution in [0, 0.1) is 0 Å². The standard InChI is InChI=1S/C10H15F3N4O/c1-3-6(5-18-2)15-8-4-7(10(11,12)13)16-9(14)17-8/h4,6H,3,5H2,1-2H3,(H3,14,15,16,17). The Bertz CT molecular complexity index is 397. The number of ether oxygens (including phenoxy) is 1. The zero-order valence-corrected chi connectivity index (χ0v) is 10.1. The summed E-state index contributed by atoms with van der Waals surface area (Å²) in [5.74, 6) is -0.377. The van der Waals surface area contributed by atoms with E-state index < -0.39 is 17.8 Å². The fourth-order valence-corrected chi connectivity index (χ4v) is 1.36. The molecule has 0 aromatic carbocycles. The molecule has 1 aromatic heterocycles. The Morgan fingerprint density at radius 1 is 1.44 bits per heavy atom. The van der Waals surface area contributed by atoms with Crippen molar-refractivity contribution in [3.63, 3.8) is 0 Å². The smallest absolute Gasteiger partial charge is 0.383 e. The first-order valence-corrected chi connectivity index (χ1v) is 5.34. The van der Waals surface area contributed by atoms with E-state index in [4.69, 9.17) is 10.5 Å². The Labute approximate surface area is 103 Å². The summed E-state index contributed by atoms with van der Waals surface area (Å²) in [4.78, 5) is 6.87. The summed E-state index contributed by atoms with van der Waals surface area (Å²) in [6.07, 6.45) is -3.87. The summed E-state index contributed by atoms with van der Waals surface area (Å²) in [6.45, 7) is 2.24. The van der Waals surface area contributed by atoms with Crippen LogP contribution in [0.2, 0.25) is 0 Å². The molecule has 0 saturated heterocycles. The number of aromatic nitrogens is 2. The minimum absolute atomic E-state index is 0.0405. The van der Waals surface area contributed by atoms with Crippen molar-refractivity contribution in [1.29, 1.82) is 0 Å². The van der Waals surface area contributed by atoms with Crippen molar-refractivity contribution in [2.45, 2.75) is 25.6 Å². The van der Waals surface area contributed by atoms with Crippen molar-refractivity contribution in [2.24, 2.45) is 0 Å². The molecule has 5 nitrogen and oxygen atoms in total. The van der Waals surface area contributed by atoms with Gasteiger partial charge in [-0.05, 0) is 6.42 Å². The molecule has 8 heteroatoms. The summed E-state index contributed by atoms with van der Waals surface area (Å²) < 4.78 is 42.5. The minimum Gasteiger partial charge on any atom is -0.383 e. The Hall–Kier alpha value is -1.57. The highest BCUT2D eigenvalue weighted by Gasteiger charge is 2.33. The fourth-order valence-electron chi connectivity index (χ4n) is 1.36. The topological polar surface area (TPSA) is 73.1 Å². The Morgan fingerprint density at radius 3 is 2.61 bits per heavy atom. The van der Waals surface area contributed by atoms with Gasteiger partial charge in [0.1, 0.15) is 5.82 Å². The third-order valence-corrected chi connectivity index (χ3v) is 2.25. The van der Waals surface area contributed by atoms with Crippen molar-refractivity contribution < 1.29 is 17.9 Å². The number of methoxy groups -OCH3 is 1. The molecule has 102 valence electrons. The lowest BCUT2D eigenvalue weighted by molar-refractivity contribution is -0.141. The first kappa shape index (κ1) is 14.5. The van der Waals surface area contributed by atoms with Crippen LogP contribution in [0.3, 0.4) is 0 Å². The maximum Gasteiger partial charge on any atom is 0.433 e. The number of nitrogen functional groups attached to an aromatic ring is 1. The van der Waals surface area contributed by atoms with E-state index in [1.807, 2.05) is 6.92 Å². The monoisotopic (exact) mass is 264 g/mol. The fraction of sp³-hybridized carbons (Fsp3) is 0.600. The van der Waals surface area contributed by atoms with E-state index in [0.717, 1.165) is 6.07 Å². The lowest BCUT2D eigenvalue weighted by Gasteiger charge is -2.17. The quantitative estimate of drug-likeness (QED) is 0.850. The molecule has 1 unspecified atom stereocenters. The number of anilines is 2. The van der Waals surface area contributed by atoms with Gasteiger partial charge in [0, 0.05) is 13.2 Å². The molecule has 1 aromatic rings. The number of rotatable bonds is 5. The molecule has 1 heterocycles. The van der Waals surface area contributed by atoms with E-state index >= 15 is 0 Å². The Balaban J connectivity index is 2.92. The number of alkyl halides is 3. The van der Waals surface area contributed by atoms with Crippen molar-refractivity contribution in [3.8, 4) is 0 Å². The number of nitrogens with zero attached hydrogens (tertiary/aromatic N) is 2. The van der Waals surface area contributed by atoms with E-state index in [2.05, 4.69) is 15.3 Å². The van der Waals surface area contributed by atoms with Gasteiger partial charge in [0.2, 0.25) is 5.95 Å². The molecular weight excluding hydrogens is 249 g/mol. The minimum atomic E-state index is -4.55. The lowest BCUT2D eigenvalue weighted by Crippen LogP contribution is -2.25. The number of hydrogen-bond donors (Lipinski definition) is 2. The maximum absolute atomic E-state index is 12.5. The molecule has 0 saturated carbocycles. The first-order valence-electron chi connectivity index (χ1n) is 5.34. The van der Waals surface area contributed by atoms with Gasteiger partial charge in [-0.2, -0.15) is 18.2 Å². The van der Waals surface area contributed by atoms with Crippen LogP contribution in [0.4, 0.5) is 24.9 Å². The molecule has 0 aliphatic heterocycles. The predicted molar refractivity (Wildman–Crippen MR) is 61.0 cm³/mol. The van der Waals surface area contributed by atoms with Crippen LogP contribution in [-0.4, -0.2) is 29.7 Å². The summed E-state index contributed by atoms with van der Waals surface area (Å²) in [5.41, 5.74) is 4.19. The molecule has 0 fully saturated rings. The summed E-state index contributed by atoms with van der Waals surface area (Å²) in [5, 5.41) is 2.83. The number of hydrogen-bond acceptors (Lipinski definition) is 5. The van der Waals surface area contributed by atoms with Crippen LogP contribution in [0.5, 0.6) is 0 Å². The SMILES string of the molecule is CCC(COC)Nc1cc(C(F)(F)F)nc(N)n1. The Kier molecular flexibility index (Phi) is 4.71. The number of halogens is 3. The summed E-state index contributed by atoms with van der Waals surface area (Å²) in [6, 6.07) is 0.694.